The molecule has 0 radical (unpaired) electrons. The highest BCUT2D eigenvalue weighted by molar-refractivity contribution is 5.78. The quantitative estimate of drug-likeness (QED) is 0.924. The Labute approximate surface area is 120 Å². The zero-order chi connectivity index (χ0) is 14.9. The smallest absolute Gasteiger partial charge is 0.223 e. The van der Waals surface area contributed by atoms with E-state index < -0.39 is 0 Å². The van der Waals surface area contributed by atoms with Crippen molar-refractivity contribution in [3.63, 3.8) is 0 Å². The number of rotatable bonds is 3. The van der Waals surface area contributed by atoms with E-state index in [1.165, 1.54) is 0 Å². The molecule has 1 unspecified atom stereocenters. The van der Waals surface area contributed by atoms with Crippen molar-refractivity contribution in [2.45, 2.75) is 40.3 Å². The summed E-state index contributed by atoms with van der Waals surface area (Å²) in [5.41, 5.74) is 6.67. The van der Waals surface area contributed by atoms with E-state index in [1.54, 1.807) is 23.1 Å². The summed E-state index contributed by atoms with van der Waals surface area (Å²) >= 11 is 0. The minimum absolute atomic E-state index is 0.0993. The molecule has 1 aromatic carbocycles. The van der Waals surface area contributed by atoms with Crippen molar-refractivity contribution in [1.29, 1.82) is 0 Å². The first-order valence-electron chi connectivity index (χ1n) is 7.07. The summed E-state index contributed by atoms with van der Waals surface area (Å²) < 4.78 is 14.2. The zero-order valence-electron chi connectivity index (χ0n) is 12.4. The molecule has 1 atom stereocenters. The lowest BCUT2D eigenvalue weighted by atomic mass is 9.80. The standard InChI is InChI=1S/C16H23FN2O/c1-16(2,3)13-7-14(20)19(10-13)9-12-6-4-5-11(8-18)15(12)17/h4-6,13H,7-10,18H2,1-3H3. The third-order valence-electron chi connectivity index (χ3n) is 4.18. The highest BCUT2D eigenvalue weighted by atomic mass is 19.1. The van der Waals surface area contributed by atoms with E-state index in [0.717, 1.165) is 0 Å². The SMILES string of the molecule is CC(C)(C)C1CC(=O)N(Cc2cccc(CN)c2F)C1. The molecule has 20 heavy (non-hydrogen) atoms. The van der Waals surface area contributed by atoms with Gasteiger partial charge in [0, 0.05) is 37.2 Å². The van der Waals surface area contributed by atoms with Crippen LogP contribution in [-0.4, -0.2) is 17.4 Å². The number of halogens is 1. The lowest BCUT2D eigenvalue weighted by Crippen LogP contribution is -2.27. The van der Waals surface area contributed by atoms with E-state index in [4.69, 9.17) is 5.73 Å². The summed E-state index contributed by atoms with van der Waals surface area (Å²) in [5.74, 6) is 0.167. The maximum atomic E-state index is 14.2. The van der Waals surface area contributed by atoms with E-state index in [1.807, 2.05) is 0 Å². The average Bonchev–Trinajstić information content (AvgIpc) is 2.73. The van der Waals surface area contributed by atoms with Gasteiger partial charge in [-0.2, -0.15) is 0 Å². The van der Waals surface area contributed by atoms with Crippen molar-refractivity contribution >= 4 is 5.91 Å². The molecule has 1 aliphatic heterocycles. The van der Waals surface area contributed by atoms with Gasteiger partial charge >= 0.3 is 0 Å². The number of carbonyl (C=O) groups excluding carboxylic acids is 1. The van der Waals surface area contributed by atoms with Crippen molar-refractivity contribution in [3.8, 4) is 0 Å². The fraction of sp³-hybridized carbons (Fsp3) is 0.562. The van der Waals surface area contributed by atoms with Gasteiger partial charge in [-0.15, -0.1) is 0 Å². The number of nitrogens with two attached hydrogens (primary N) is 1. The van der Waals surface area contributed by atoms with Gasteiger partial charge in [0.2, 0.25) is 5.91 Å². The summed E-state index contributed by atoms with van der Waals surface area (Å²) in [6.07, 6.45) is 0.557. The molecule has 0 aliphatic carbocycles. The Bertz CT molecular complexity index is 508. The number of hydrogen-bond acceptors (Lipinski definition) is 2. The third kappa shape index (κ3) is 3.01. The second-order valence-electron chi connectivity index (χ2n) is 6.64. The molecule has 1 aromatic rings. The topological polar surface area (TPSA) is 46.3 Å². The number of carbonyl (C=O) groups is 1. The second-order valence-corrected chi connectivity index (χ2v) is 6.64. The van der Waals surface area contributed by atoms with Gasteiger partial charge in [-0.05, 0) is 11.3 Å². The van der Waals surface area contributed by atoms with E-state index in [9.17, 15) is 9.18 Å². The molecule has 0 saturated carbocycles. The van der Waals surface area contributed by atoms with Gasteiger partial charge in [-0.1, -0.05) is 39.0 Å². The molecule has 1 saturated heterocycles. The van der Waals surface area contributed by atoms with Gasteiger partial charge < -0.3 is 10.6 Å². The van der Waals surface area contributed by atoms with Crippen LogP contribution in [0.2, 0.25) is 0 Å². The number of amides is 1. The van der Waals surface area contributed by atoms with Crippen molar-refractivity contribution in [2.75, 3.05) is 6.54 Å². The van der Waals surface area contributed by atoms with Crippen LogP contribution in [0, 0.1) is 17.2 Å². The van der Waals surface area contributed by atoms with Gasteiger partial charge in [-0.25, -0.2) is 4.39 Å². The molecule has 4 heteroatoms. The Morgan fingerprint density at radius 2 is 2.00 bits per heavy atom. The Kier molecular flexibility index (Phi) is 4.14. The Morgan fingerprint density at radius 1 is 1.35 bits per heavy atom. The largest absolute Gasteiger partial charge is 0.338 e. The van der Waals surface area contributed by atoms with Gasteiger partial charge in [0.25, 0.3) is 0 Å². The normalized spacial score (nSPS) is 19.8. The molecular formula is C16H23FN2O. The van der Waals surface area contributed by atoms with Crippen LogP contribution in [0.3, 0.4) is 0 Å². The van der Waals surface area contributed by atoms with Crippen LogP contribution in [0.25, 0.3) is 0 Å². The monoisotopic (exact) mass is 278 g/mol. The lowest BCUT2D eigenvalue weighted by Gasteiger charge is -2.26. The predicted octanol–water partition coefficient (Wildman–Crippen LogP) is 2.68. The van der Waals surface area contributed by atoms with E-state index in [2.05, 4.69) is 20.8 Å². The fourth-order valence-electron chi connectivity index (χ4n) is 2.62. The first-order chi connectivity index (χ1) is 9.32. The van der Waals surface area contributed by atoms with Crippen LogP contribution in [0.1, 0.15) is 38.3 Å². The molecule has 1 aliphatic rings. The molecule has 2 N–H and O–H groups in total. The van der Waals surface area contributed by atoms with Gasteiger partial charge in [-0.3, -0.25) is 4.79 Å². The lowest BCUT2D eigenvalue weighted by molar-refractivity contribution is -0.128. The number of benzene rings is 1. The van der Waals surface area contributed by atoms with Crippen LogP contribution in [0.4, 0.5) is 4.39 Å². The molecule has 1 heterocycles. The van der Waals surface area contributed by atoms with E-state index >= 15 is 0 Å². The number of hydrogen-bond donors (Lipinski definition) is 1. The molecule has 1 amide bonds. The summed E-state index contributed by atoms with van der Waals surface area (Å²) in [5, 5.41) is 0. The molecule has 110 valence electrons. The maximum Gasteiger partial charge on any atom is 0.223 e. The Balaban J connectivity index is 2.13. The van der Waals surface area contributed by atoms with Gasteiger partial charge in [0.05, 0.1) is 0 Å². The highest BCUT2D eigenvalue weighted by Gasteiger charge is 2.36. The highest BCUT2D eigenvalue weighted by Crippen LogP contribution is 2.35. The van der Waals surface area contributed by atoms with Gasteiger partial charge in [0.15, 0.2) is 0 Å². The van der Waals surface area contributed by atoms with Gasteiger partial charge in [0.1, 0.15) is 5.82 Å². The van der Waals surface area contributed by atoms with Crippen LogP contribution in [-0.2, 0) is 17.9 Å². The summed E-state index contributed by atoms with van der Waals surface area (Å²) in [4.78, 5) is 13.8. The minimum Gasteiger partial charge on any atom is -0.338 e. The van der Waals surface area contributed by atoms with Crippen molar-refractivity contribution in [2.24, 2.45) is 17.1 Å². The Hall–Kier alpha value is -1.42. The van der Waals surface area contributed by atoms with Crippen LogP contribution < -0.4 is 5.73 Å². The van der Waals surface area contributed by atoms with Crippen molar-refractivity contribution in [3.05, 3.63) is 35.1 Å². The zero-order valence-corrected chi connectivity index (χ0v) is 12.4. The van der Waals surface area contributed by atoms with Crippen LogP contribution in [0.5, 0.6) is 0 Å². The second kappa shape index (κ2) is 5.52. The molecular weight excluding hydrogens is 255 g/mol. The average molecular weight is 278 g/mol. The van der Waals surface area contributed by atoms with Crippen LogP contribution >= 0.6 is 0 Å². The minimum atomic E-state index is -0.276. The summed E-state index contributed by atoms with van der Waals surface area (Å²) in [6, 6.07) is 5.21. The number of likely N-dealkylation sites (tertiary alicyclic amines) is 1. The van der Waals surface area contributed by atoms with E-state index in [-0.39, 0.29) is 23.7 Å². The first kappa shape index (κ1) is 15.0. The first-order valence-corrected chi connectivity index (χ1v) is 7.07. The molecule has 0 bridgehead atoms. The molecule has 0 spiro atoms. The fourth-order valence-corrected chi connectivity index (χ4v) is 2.62. The molecule has 3 nitrogen and oxygen atoms in total. The molecule has 2 rings (SSSR count). The maximum absolute atomic E-state index is 14.2. The summed E-state index contributed by atoms with van der Waals surface area (Å²) in [6.45, 7) is 7.65. The third-order valence-corrected chi connectivity index (χ3v) is 4.18. The predicted molar refractivity (Wildman–Crippen MR) is 77.3 cm³/mol. The van der Waals surface area contributed by atoms with Crippen LogP contribution in [0.15, 0.2) is 18.2 Å². The summed E-state index contributed by atoms with van der Waals surface area (Å²) in [7, 11) is 0. The number of nitrogens with zero attached hydrogens (tertiary/aromatic N) is 1. The van der Waals surface area contributed by atoms with Crippen molar-refractivity contribution < 1.29 is 9.18 Å². The van der Waals surface area contributed by atoms with E-state index in [0.29, 0.717) is 36.6 Å². The molecule has 1 fully saturated rings. The Morgan fingerprint density at radius 3 is 2.55 bits per heavy atom. The molecule has 0 aromatic heterocycles. The van der Waals surface area contributed by atoms with Crippen molar-refractivity contribution in [1.82, 2.24) is 4.90 Å².